The van der Waals surface area contributed by atoms with Crippen molar-refractivity contribution >= 4 is 28.2 Å². The zero-order chi connectivity index (χ0) is 12.7. The molecule has 0 aliphatic rings. The van der Waals surface area contributed by atoms with E-state index in [2.05, 4.69) is 32.7 Å². The van der Waals surface area contributed by atoms with E-state index in [1.54, 1.807) is 0 Å². The quantitative estimate of drug-likeness (QED) is 0.686. The summed E-state index contributed by atoms with van der Waals surface area (Å²) in [7, 11) is 0. The first-order valence-corrected chi connectivity index (χ1v) is 6.57. The molecule has 90 valence electrons. The molecular formula is C13H10IN3O. The molecule has 2 heterocycles. The maximum atomic E-state index is 11.8. The number of rotatable bonds is 1. The number of aromatic amines is 1. The highest BCUT2D eigenvalue weighted by Crippen LogP contribution is 2.19. The number of fused-ring (bicyclic) bond motifs is 1. The number of nitrogens with zero attached hydrogens (tertiary/aromatic N) is 2. The van der Waals surface area contributed by atoms with Gasteiger partial charge in [-0.25, -0.2) is 9.50 Å². The average molecular weight is 351 g/mol. The van der Waals surface area contributed by atoms with Crippen LogP contribution >= 0.6 is 22.6 Å². The van der Waals surface area contributed by atoms with Crippen molar-refractivity contribution in [3.63, 3.8) is 0 Å². The molecule has 0 saturated heterocycles. The second-order valence-corrected chi connectivity index (χ2v) is 5.35. The van der Waals surface area contributed by atoms with Crippen LogP contribution in [-0.2, 0) is 0 Å². The van der Waals surface area contributed by atoms with Crippen LogP contribution in [0.4, 0.5) is 0 Å². The fourth-order valence-corrected chi connectivity index (χ4v) is 2.25. The molecule has 0 atom stereocenters. The van der Waals surface area contributed by atoms with Crippen LogP contribution in [0, 0.1) is 10.5 Å². The highest BCUT2D eigenvalue weighted by atomic mass is 127. The van der Waals surface area contributed by atoms with E-state index >= 15 is 0 Å². The van der Waals surface area contributed by atoms with Gasteiger partial charge in [-0.1, -0.05) is 12.1 Å². The van der Waals surface area contributed by atoms with Gasteiger partial charge in [0.2, 0.25) is 0 Å². The molecule has 0 bridgehead atoms. The molecule has 0 spiro atoms. The Morgan fingerprint density at radius 3 is 2.67 bits per heavy atom. The topological polar surface area (TPSA) is 50.2 Å². The van der Waals surface area contributed by atoms with Gasteiger partial charge < -0.3 is 0 Å². The Morgan fingerprint density at radius 2 is 1.94 bits per heavy atom. The standard InChI is InChI=1S/C13H10IN3O/c1-8-6-13(18)17-12(15-8)7-11(16-17)9-2-4-10(14)5-3-9/h2-7,16H,1H3. The number of hydrogen-bond donors (Lipinski definition) is 1. The van der Waals surface area contributed by atoms with E-state index in [1.165, 1.54) is 14.2 Å². The largest absolute Gasteiger partial charge is 0.289 e. The Kier molecular flexibility index (Phi) is 2.70. The zero-order valence-corrected chi connectivity index (χ0v) is 11.8. The smallest absolute Gasteiger partial charge is 0.272 e. The number of halogens is 1. The summed E-state index contributed by atoms with van der Waals surface area (Å²) in [5.74, 6) is 0. The minimum Gasteiger partial charge on any atom is -0.289 e. The first kappa shape index (κ1) is 11.5. The van der Waals surface area contributed by atoms with Crippen molar-refractivity contribution in [3.05, 3.63) is 56.0 Å². The molecule has 2 aromatic heterocycles. The molecule has 4 nitrogen and oxygen atoms in total. The van der Waals surface area contributed by atoms with Gasteiger partial charge in [-0.05, 0) is 47.2 Å². The molecule has 5 heteroatoms. The number of hydrogen-bond acceptors (Lipinski definition) is 2. The third-order valence-electron chi connectivity index (χ3n) is 2.73. The van der Waals surface area contributed by atoms with Crippen molar-refractivity contribution in [1.82, 2.24) is 14.6 Å². The highest BCUT2D eigenvalue weighted by molar-refractivity contribution is 14.1. The van der Waals surface area contributed by atoms with Crippen LogP contribution in [-0.4, -0.2) is 14.6 Å². The first-order valence-electron chi connectivity index (χ1n) is 5.49. The summed E-state index contributed by atoms with van der Waals surface area (Å²) < 4.78 is 2.64. The van der Waals surface area contributed by atoms with E-state index in [1.807, 2.05) is 37.3 Å². The maximum Gasteiger partial charge on any atom is 0.272 e. The number of nitrogens with one attached hydrogen (secondary N) is 1. The summed E-state index contributed by atoms with van der Waals surface area (Å²) in [6.45, 7) is 1.82. The molecule has 0 radical (unpaired) electrons. The average Bonchev–Trinajstić information content (AvgIpc) is 2.74. The van der Waals surface area contributed by atoms with Gasteiger partial charge in [0.05, 0.1) is 5.69 Å². The van der Waals surface area contributed by atoms with Gasteiger partial charge in [0.15, 0.2) is 5.65 Å². The Morgan fingerprint density at radius 1 is 1.22 bits per heavy atom. The SMILES string of the molecule is Cc1cc(=O)n2[nH]c(-c3ccc(I)cc3)cc2n1. The van der Waals surface area contributed by atoms with Crippen molar-refractivity contribution in [2.75, 3.05) is 0 Å². The minimum atomic E-state index is -0.0886. The normalized spacial score (nSPS) is 11.0. The molecule has 0 aliphatic carbocycles. The molecule has 3 aromatic rings. The fourth-order valence-electron chi connectivity index (χ4n) is 1.89. The van der Waals surface area contributed by atoms with Crippen molar-refractivity contribution < 1.29 is 0 Å². The second-order valence-electron chi connectivity index (χ2n) is 4.11. The molecule has 0 aliphatic heterocycles. The number of aryl methyl sites for hydroxylation is 1. The van der Waals surface area contributed by atoms with Crippen LogP contribution in [0.25, 0.3) is 16.9 Å². The molecule has 0 amide bonds. The van der Waals surface area contributed by atoms with E-state index in [4.69, 9.17) is 0 Å². The minimum absolute atomic E-state index is 0.0886. The Hall–Kier alpha value is -1.63. The van der Waals surface area contributed by atoms with Crippen molar-refractivity contribution in [2.45, 2.75) is 6.92 Å². The van der Waals surface area contributed by atoms with E-state index in [0.717, 1.165) is 17.0 Å². The molecule has 1 aromatic carbocycles. The predicted molar refractivity (Wildman–Crippen MR) is 78.7 cm³/mol. The van der Waals surface area contributed by atoms with Crippen molar-refractivity contribution in [2.24, 2.45) is 0 Å². The Balaban J connectivity index is 2.22. The summed E-state index contributed by atoms with van der Waals surface area (Å²) in [4.78, 5) is 16.1. The molecule has 1 N–H and O–H groups in total. The van der Waals surface area contributed by atoms with Crippen LogP contribution in [0.3, 0.4) is 0 Å². The summed E-state index contributed by atoms with van der Waals surface area (Å²) in [6.07, 6.45) is 0. The Labute approximate surface area is 117 Å². The van der Waals surface area contributed by atoms with Gasteiger partial charge in [0.1, 0.15) is 0 Å². The van der Waals surface area contributed by atoms with E-state index in [-0.39, 0.29) is 5.56 Å². The van der Waals surface area contributed by atoms with Gasteiger partial charge in [-0.2, -0.15) is 0 Å². The van der Waals surface area contributed by atoms with Gasteiger partial charge >= 0.3 is 0 Å². The number of aromatic nitrogens is 3. The van der Waals surface area contributed by atoms with Crippen LogP contribution in [0.5, 0.6) is 0 Å². The summed E-state index contributed by atoms with van der Waals surface area (Å²) in [5, 5.41) is 3.07. The number of H-pyrrole nitrogens is 1. The molecular weight excluding hydrogens is 341 g/mol. The lowest BCUT2D eigenvalue weighted by Crippen LogP contribution is -2.14. The molecule has 0 fully saturated rings. The molecule has 0 unspecified atom stereocenters. The second kappa shape index (κ2) is 4.24. The maximum absolute atomic E-state index is 11.8. The van der Waals surface area contributed by atoms with Crippen LogP contribution < -0.4 is 5.56 Å². The lowest BCUT2D eigenvalue weighted by molar-refractivity contribution is 0.893. The molecule has 3 rings (SSSR count). The van der Waals surface area contributed by atoms with Crippen molar-refractivity contribution in [1.29, 1.82) is 0 Å². The van der Waals surface area contributed by atoms with Crippen LogP contribution in [0.15, 0.2) is 41.2 Å². The molecule has 0 saturated carbocycles. The molecule has 18 heavy (non-hydrogen) atoms. The van der Waals surface area contributed by atoms with Crippen molar-refractivity contribution in [3.8, 4) is 11.3 Å². The lowest BCUT2D eigenvalue weighted by atomic mass is 10.2. The summed E-state index contributed by atoms with van der Waals surface area (Å²) in [5.41, 5.74) is 3.22. The summed E-state index contributed by atoms with van der Waals surface area (Å²) in [6, 6.07) is 11.5. The highest BCUT2D eigenvalue weighted by Gasteiger charge is 2.06. The van der Waals surface area contributed by atoms with E-state index in [9.17, 15) is 4.79 Å². The lowest BCUT2D eigenvalue weighted by Gasteiger charge is -1.96. The van der Waals surface area contributed by atoms with Gasteiger partial charge in [-0.3, -0.25) is 9.89 Å². The monoisotopic (exact) mass is 351 g/mol. The van der Waals surface area contributed by atoms with Crippen LogP contribution in [0.2, 0.25) is 0 Å². The van der Waals surface area contributed by atoms with E-state index < -0.39 is 0 Å². The summed E-state index contributed by atoms with van der Waals surface area (Å²) >= 11 is 2.26. The fraction of sp³-hybridized carbons (Fsp3) is 0.0769. The third-order valence-corrected chi connectivity index (χ3v) is 3.45. The van der Waals surface area contributed by atoms with Gasteiger partial charge in [-0.15, -0.1) is 0 Å². The Bertz CT molecular complexity index is 771. The predicted octanol–water partition coefficient (Wildman–Crippen LogP) is 2.60. The van der Waals surface area contributed by atoms with Crippen LogP contribution in [0.1, 0.15) is 5.69 Å². The number of benzene rings is 1. The third kappa shape index (κ3) is 1.94. The van der Waals surface area contributed by atoms with Gasteiger partial charge in [0, 0.05) is 21.4 Å². The van der Waals surface area contributed by atoms with E-state index in [0.29, 0.717) is 5.65 Å². The van der Waals surface area contributed by atoms with Gasteiger partial charge in [0.25, 0.3) is 5.56 Å². The first-order chi connectivity index (χ1) is 8.63. The zero-order valence-electron chi connectivity index (χ0n) is 9.64.